The van der Waals surface area contributed by atoms with Crippen molar-refractivity contribution >= 4 is 21.7 Å². The number of rotatable bonds is 9. The minimum absolute atomic E-state index is 0.110. The van der Waals surface area contributed by atoms with Gasteiger partial charge in [-0.15, -0.1) is 0 Å². The Bertz CT molecular complexity index is 1020. The molecule has 174 valence electrons. The Kier molecular flexibility index (Phi) is 7.89. The lowest BCUT2D eigenvalue weighted by molar-refractivity contribution is -0.132. The van der Waals surface area contributed by atoms with E-state index in [9.17, 15) is 18.0 Å². The molecule has 0 radical (unpaired) electrons. The molecule has 1 aliphatic rings. The van der Waals surface area contributed by atoms with Gasteiger partial charge in [0.1, 0.15) is 5.75 Å². The third-order valence-electron chi connectivity index (χ3n) is 5.54. The standard InChI is InChI=1S/C22H30N4O5S/c1-25-16-18(15-24-25)22(28)23-14-17-9-11-26(12-10-17)21(27)4-3-13-31-19-5-7-20(8-6-19)32(2,29)30/h5-8,15-17H,3-4,9-14H2,1-2H3,(H,23,28). The number of carbonyl (C=O) groups excluding carboxylic acids is 2. The molecule has 32 heavy (non-hydrogen) atoms. The predicted octanol–water partition coefficient (Wildman–Crippen LogP) is 1.65. The molecular formula is C22H30N4O5S. The minimum Gasteiger partial charge on any atom is -0.494 e. The first kappa shape index (κ1) is 23.8. The Hall–Kier alpha value is -2.88. The number of ether oxygens (including phenoxy) is 1. The van der Waals surface area contributed by atoms with Gasteiger partial charge in [-0.05, 0) is 49.4 Å². The Balaban J connectivity index is 1.31. The van der Waals surface area contributed by atoms with Crippen molar-refractivity contribution in [2.75, 3.05) is 32.5 Å². The highest BCUT2D eigenvalue weighted by Crippen LogP contribution is 2.19. The molecule has 1 aromatic heterocycles. The van der Waals surface area contributed by atoms with Gasteiger partial charge < -0.3 is 15.0 Å². The monoisotopic (exact) mass is 462 g/mol. The van der Waals surface area contributed by atoms with E-state index in [2.05, 4.69) is 10.4 Å². The summed E-state index contributed by atoms with van der Waals surface area (Å²) in [5.74, 6) is 0.929. The van der Waals surface area contributed by atoms with Gasteiger partial charge in [0, 0.05) is 45.6 Å². The van der Waals surface area contributed by atoms with Crippen molar-refractivity contribution in [3.63, 3.8) is 0 Å². The Morgan fingerprint density at radius 1 is 1.19 bits per heavy atom. The first-order chi connectivity index (χ1) is 15.2. The molecule has 0 saturated carbocycles. The Labute approximate surface area is 188 Å². The fraction of sp³-hybridized carbons (Fsp3) is 0.500. The van der Waals surface area contributed by atoms with Gasteiger partial charge in [-0.2, -0.15) is 5.10 Å². The van der Waals surface area contributed by atoms with E-state index in [0.29, 0.717) is 56.3 Å². The fourth-order valence-electron chi connectivity index (χ4n) is 3.62. The van der Waals surface area contributed by atoms with E-state index in [-0.39, 0.29) is 16.7 Å². The van der Waals surface area contributed by atoms with Crippen molar-refractivity contribution in [3.05, 3.63) is 42.2 Å². The van der Waals surface area contributed by atoms with Crippen molar-refractivity contribution in [3.8, 4) is 5.75 Å². The number of hydrogen-bond acceptors (Lipinski definition) is 6. The molecule has 2 aromatic rings. The van der Waals surface area contributed by atoms with Crippen LogP contribution in [0.2, 0.25) is 0 Å². The second kappa shape index (κ2) is 10.6. The van der Waals surface area contributed by atoms with Crippen molar-refractivity contribution in [2.45, 2.75) is 30.6 Å². The van der Waals surface area contributed by atoms with Gasteiger partial charge in [0.2, 0.25) is 5.91 Å². The average Bonchev–Trinajstić information content (AvgIpc) is 3.21. The van der Waals surface area contributed by atoms with Crippen LogP contribution in [0.4, 0.5) is 0 Å². The average molecular weight is 463 g/mol. The van der Waals surface area contributed by atoms with Crippen molar-refractivity contribution in [2.24, 2.45) is 13.0 Å². The van der Waals surface area contributed by atoms with Crippen molar-refractivity contribution in [1.82, 2.24) is 20.0 Å². The first-order valence-corrected chi connectivity index (χ1v) is 12.6. The van der Waals surface area contributed by atoms with E-state index in [0.717, 1.165) is 19.1 Å². The van der Waals surface area contributed by atoms with Crippen molar-refractivity contribution in [1.29, 1.82) is 0 Å². The fourth-order valence-corrected chi connectivity index (χ4v) is 4.25. The molecule has 3 rings (SSSR count). The molecule has 0 unspecified atom stereocenters. The van der Waals surface area contributed by atoms with Crippen molar-refractivity contribution < 1.29 is 22.7 Å². The number of piperidine rings is 1. The topological polar surface area (TPSA) is 111 Å². The summed E-state index contributed by atoms with van der Waals surface area (Å²) in [4.78, 5) is 26.7. The molecule has 1 fully saturated rings. The van der Waals surface area contributed by atoms with E-state index in [1.165, 1.54) is 12.1 Å². The zero-order valence-corrected chi connectivity index (χ0v) is 19.3. The van der Waals surface area contributed by atoms with Crippen LogP contribution in [0.5, 0.6) is 5.75 Å². The van der Waals surface area contributed by atoms with E-state index >= 15 is 0 Å². The van der Waals surface area contributed by atoms with Crippen LogP contribution in [-0.4, -0.2) is 67.4 Å². The molecule has 9 nitrogen and oxygen atoms in total. The first-order valence-electron chi connectivity index (χ1n) is 10.7. The van der Waals surface area contributed by atoms with E-state index in [1.807, 2.05) is 4.90 Å². The summed E-state index contributed by atoms with van der Waals surface area (Å²) in [6.07, 6.45) is 7.12. The lowest BCUT2D eigenvalue weighted by Crippen LogP contribution is -2.41. The number of hydrogen-bond donors (Lipinski definition) is 1. The van der Waals surface area contributed by atoms with E-state index in [1.54, 1.807) is 36.3 Å². The molecule has 0 bridgehead atoms. The Morgan fingerprint density at radius 3 is 2.47 bits per heavy atom. The highest BCUT2D eigenvalue weighted by molar-refractivity contribution is 7.90. The van der Waals surface area contributed by atoms with Crippen LogP contribution in [-0.2, 0) is 21.7 Å². The number of amides is 2. The van der Waals surface area contributed by atoms with E-state index in [4.69, 9.17) is 4.74 Å². The summed E-state index contributed by atoms with van der Waals surface area (Å²) in [5.41, 5.74) is 0.550. The number of nitrogens with one attached hydrogen (secondary N) is 1. The van der Waals surface area contributed by atoms with Gasteiger partial charge in [0.05, 0.1) is 23.3 Å². The number of carbonyl (C=O) groups is 2. The van der Waals surface area contributed by atoms with Gasteiger partial charge in [0.15, 0.2) is 9.84 Å². The van der Waals surface area contributed by atoms with Gasteiger partial charge in [-0.3, -0.25) is 14.3 Å². The SMILES string of the molecule is Cn1cc(C(=O)NCC2CCN(C(=O)CCCOc3ccc(S(C)(=O)=O)cc3)CC2)cn1. The number of nitrogens with zero attached hydrogens (tertiary/aromatic N) is 3. The Morgan fingerprint density at radius 2 is 1.88 bits per heavy atom. The number of sulfone groups is 1. The van der Waals surface area contributed by atoms with Crippen LogP contribution >= 0.6 is 0 Å². The lowest BCUT2D eigenvalue weighted by atomic mass is 9.96. The summed E-state index contributed by atoms with van der Waals surface area (Å²) >= 11 is 0. The zero-order chi connectivity index (χ0) is 23.1. The largest absolute Gasteiger partial charge is 0.494 e. The van der Waals surface area contributed by atoms with Crippen LogP contribution in [0.3, 0.4) is 0 Å². The predicted molar refractivity (Wildman–Crippen MR) is 119 cm³/mol. The summed E-state index contributed by atoms with van der Waals surface area (Å²) in [7, 11) is -1.45. The molecule has 0 aliphatic carbocycles. The third kappa shape index (κ3) is 6.81. The normalized spacial score (nSPS) is 14.9. The molecule has 0 spiro atoms. The summed E-state index contributed by atoms with van der Waals surface area (Å²) in [5, 5.41) is 6.95. The highest BCUT2D eigenvalue weighted by atomic mass is 32.2. The number of likely N-dealkylation sites (tertiary alicyclic amines) is 1. The third-order valence-corrected chi connectivity index (χ3v) is 6.67. The zero-order valence-electron chi connectivity index (χ0n) is 18.5. The van der Waals surface area contributed by atoms with Gasteiger partial charge in [-0.25, -0.2) is 8.42 Å². The maximum absolute atomic E-state index is 12.4. The summed E-state index contributed by atoms with van der Waals surface area (Å²) < 4.78 is 30.1. The van der Waals surface area contributed by atoms with Gasteiger partial charge in [0.25, 0.3) is 5.91 Å². The molecule has 1 saturated heterocycles. The summed E-state index contributed by atoms with van der Waals surface area (Å²) in [6, 6.07) is 6.27. The summed E-state index contributed by atoms with van der Waals surface area (Å²) in [6.45, 7) is 2.38. The number of aryl methyl sites for hydroxylation is 1. The van der Waals surface area contributed by atoms with Crippen LogP contribution in [0, 0.1) is 5.92 Å². The molecule has 2 heterocycles. The van der Waals surface area contributed by atoms with Gasteiger partial charge in [-0.1, -0.05) is 0 Å². The van der Waals surface area contributed by atoms with Crippen LogP contribution in [0.25, 0.3) is 0 Å². The van der Waals surface area contributed by atoms with Crippen LogP contribution in [0.15, 0.2) is 41.6 Å². The number of benzene rings is 1. The van der Waals surface area contributed by atoms with E-state index < -0.39 is 9.84 Å². The maximum atomic E-state index is 12.4. The number of aromatic nitrogens is 2. The quantitative estimate of drug-likeness (QED) is 0.568. The molecule has 0 atom stereocenters. The second-order valence-corrected chi connectivity index (χ2v) is 10.1. The van der Waals surface area contributed by atoms with Crippen LogP contribution in [0.1, 0.15) is 36.0 Å². The maximum Gasteiger partial charge on any atom is 0.254 e. The molecule has 1 aromatic carbocycles. The smallest absolute Gasteiger partial charge is 0.254 e. The highest BCUT2D eigenvalue weighted by Gasteiger charge is 2.23. The molecule has 10 heteroatoms. The van der Waals surface area contributed by atoms with Crippen LogP contribution < -0.4 is 10.1 Å². The van der Waals surface area contributed by atoms with Gasteiger partial charge >= 0.3 is 0 Å². The molecule has 1 N–H and O–H groups in total. The molecule has 2 amide bonds. The lowest BCUT2D eigenvalue weighted by Gasteiger charge is -2.32. The second-order valence-electron chi connectivity index (χ2n) is 8.13. The molecular weight excluding hydrogens is 432 g/mol. The molecule has 1 aliphatic heterocycles. The minimum atomic E-state index is -3.22.